The normalized spacial score (nSPS) is 24.7. The summed E-state index contributed by atoms with van der Waals surface area (Å²) >= 11 is 0. The molecule has 4 rings (SSSR count). The first-order valence-corrected chi connectivity index (χ1v) is 14.0. The van der Waals surface area contributed by atoms with Crippen molar-refractivity contribution in [2.24, 2.45) is 5.92 Å². The van der Waals surface area contributed by atoms with E-state index in [9.17, 15) is 22.8 Å². The van der Waals surface area contributed by atoms with Crippen LogP contribution in [0.15, 0.2) is 48.5 Å². The van der Waals surface area contributed by atoms with Crippen molar-refractivity contribution in [1.29, 1.82) is 0 Å². The van der Waals surface area contributed by atoms with Gasteiger partial charge >= 0.3 is 6.18 Å². The van der Waals surface area contributed by atoms with E-state index in [2.05, 4.69) is 5.32 Å². The zero-order chi connectivity index (χ0) is 28.2. The number of piperidine rings is 1. The van der Waals surface area contributed by atoms with Crippen molar-refractivity contribution >= 4 is 11.8 Å². The molecule has 1 saturated carbocycles. The van der Waals surface area contributed by atoms with Gasteiger partial charge in [-0.05, 0) is 69.2 Å². The van der Waals surface area contributed by atoms with E-state index in [1.807, 2.05) is 42.2 Å². The zero-order valence-electron chi connectivity index (χ0n) is 23.0. The van der Waals surface area contributed by atoms with Gasteiger partial charge in [-0.1, -0.05) is 48.9 Å². The van der Waals surface area contributed by atoms with Crippen molar-refractivity contribution in [3.05, 3.63) is 70.8 Å². The molecule has 2 aliphatic rings. The molecule has 1 aliphatic heterocycles. The number of carbonyl (C=O) groups excluding carboxylic acids is 2. The van der Waals surface area contributed by atoms with Crippen LogP contribution in [0.3, 0.4) is 0 Å². The molecule has 39 heavy (non-hydrogen) atoms. The van der Waals surface area contributed by atoms with Crippen LogP contribution >= 0.6 is 0 Å². The standard InChI is InChI=1S/C31H39F3N2O3/c1-4-29(37)35-26-12-10-23(11-13-26)30(38)36-15-14-28(27(19-36)22-8-6-5-7-9-22)39-21(3)24-16-20(2)17-25(18-24)31(32,33)34/h5-9,16-18,21,23,26-28H,4,10-15,19H2,1-3H3,(H,35,37)/t21-,23?,26?,27+,28+/m1/s1. The summed E-state index contributed by atoms with van der Waals surface area (Å²) in [6.45, 7) is 6.35. The number of benzene rings is 2. The Morgan fingerprint density at radius 1 is 1.05 bits per heavy atom. The van der Waals surface area contributed by atoms with E-state index >= 15 is 0 Å². The molecule has 1 heterocycles. The van der Waals surface area contributed by atoms with Gasteiger partial charge in [0.2, 0.25) is 11.8 Å². The minimum atomic E-state index is -4.42. The molecule has 5 nitrogen and oxygen atoms in total. The van der Waals surface area contributed by atoms with Crippen molar-refractivity contribution in [1.82, 2.24) is 10.2 Å². The van der Waals surface area contributed by atoms with Crippen molar-refractivity contribution in [2.75, 3.05) is 13.1 Å². The predicted molar refractivity (Wildman–Crippen MR) is 144 cm³/mol. The number of aryl methyl sites for hydroxylation is 1. The lowest BCUT2D eigenvalue weighted by Gasteiger charge is -2.41. The van der Waals surface area contributed by atoms with Gasteiger partial charge in [-0.3, -0.25) is 9.59 Å². The van der Waals surface area contributed by atoms with Gasteiger partial charge in [0.25, 0.3) is 0 Å². The lowest BCUT2D eigenvalue weighted by atomic mass is 9.83. The molecule has 1 aliphatic carbocycles. The molecule has 212 valence electrons. The lowest BCUT2D eigenvalue weighted by molar-refractivity contribution is -0.141. The van der Waals surface area contributed by atoms with Gasteiger partial charge in [0, 0.05) is 37.4 Å². The molecule has 0 radical (unpaired) electrons. The number of hydrogen-bond donors (Lipinski definition) is 1. The highest BCUT2D eigenvalue weighted by atomic mass is 19.4. The first kappa shape index (κ1) is 29.1. The van der Waals surface area contributed by atoms with E-state index in [4.69, 9.17) is 4.74 Å². The highest BCUT2D eigenvalue weighted by Crippen LogP contribution is 2.37. The molecule has 3 atom stereocenters. The molecule has 0 bridgehead atoms. The van der Waals surface area contributed by atoms with Crippen LogP contribution in [0.5, 0.6) is 0 Å². The summed E-state index contributed by atoms with van der Waals surface area (Å²) in [6, 6.07) is 14.1. The molecule has 2 aromatic carbocycles. The maximum atomic E-state index is 13.5. The van der Waals surface area contributed by atoms with Gasteiger partial charge in [0.05, 0.1) is 17.8 Å². The summed E-state index contributed by atoms with van der Waals surface area (Å²) in [5.74, 6) is 0.0578. The van der Waals surface area contributed by atoms with E-state index in [1.54, 1.807) is 19.9 Å². The Bertz CT molecular complexity index is 1130. The van der Waals surface area contributed by atoms with Crippen molar-refractivity contribution in [2.45, 2.75) is 89.6 Å². The monoisotopic (exact) mass is 544 g/mol. The number of hydrogen-bond acceptors (Lipinski definition) is 3. The first-order valence-electron chi connectivity index (χ1n) is 14.0. The Hall–Kier alpha value is -2.87. The number of alkyl halides is 3. The number of amides is 2. The fourth-order valence-corrected chi connectivity index (χ4v) is 5.94. The zero-order valence-corrected chi connectivity index (χ0v) is 23.0. The van der Waals surface area contributed by atoms with Crippen molar-refractivity contribution in [3.8, 4) is 0 Å². The quantitative estimate of drug-likeness (QED) is 0.430. The van der Waals surface area contributed by atoms with Gasteiger partial charge in [0.15, 0.2) is 0 Å². The summed E-state index contributed by atoms with van der Waals surface area (Å²) in [5.41, 5.74) is 1.43. The largest absolute Gasteiger partial charge is 0.416 e. The second-order valence-electron chi connectivity index (χ2n) is 11.0. The lowest BCUT2D eigenvalue weighted by Crippen LogP contribution is -2.49. The summed E-state index contributed by atoms with van der Waals surface area (Å²) in [5, 5.41) is 3.05. The third kappa shape index (κ3) is 7.41. The molecular formula is C31H39F3N2O3. The van der Waals surface area contributed by atoms with Crippen LogP contribution in [0, 0.1) is 12.8 Å². The van der Waals surface area contributed by atoms with Crippen LogP contribution in [0.4, 0.5) is 13.2 Å². The molecule has 0 spiro atoms. The third-order valence-electron chi connectivity index (χ3n) is 8.13. The van der Waals surface area contributed by atoms with E-state index in [0.717, 1.165) is 37.3 Å². The molecule has 0 aromatic heterocycles. The van der Waals surface area contributed by atoms with Crippen molar-refractivity contribution < 1.29 is 27.5 Å². The number of carbonyl (C=O) groups is 2. The van der Waals surface area contributed by atoms with E-state index in [-0.39, 0.29) is 35.8 Å². The maximum absolute atomic E-state index is 13.5. The fourth-order valence-electron chi connectivity index (χ4n) is 5.94. The van der Waals surface area contributed by atoms with E-state index in [0.29, 0.717) is 37.1 Å². The topological polar surface area (TPSA) is 58.6 Å². The Morgan fingerprint density at radius 3 is 2.38 bits per heavy atom. The molecule has 1 N–H and O–H groups in total. The highest BCUT2D eigenvalue weighted by molar-refractivity contribution is 5.79. The molecule has 2 amide bonds. The second-order valence-corrected chi connectivity index (χ2v) is 11.0. The van der Waals surface area contributed by atoms with Crippen LogP contribution in [-0.2, 0) is 20.5 Å². The Labute approximate surface area is 229 Å². The molecule has 8 heteroatoms. The van der Waals surface area contributed by atoms with Gasteiger partial charge in [-0.2, -0.15) is 13.2 Å². The summed E-state index contributed by atoms with van der Waals surface area (Å²) in [6.07, 6.45) is -0.996. The Morgan fingerprint density at radius 2 is 1.74 bits per heavy atom. The summed E-state index contributed by atoms with van der Waals surface area (Å²) in [7, 11) is 0. The average Bonchev–Trinajstić information content (AvgIpc) is 2.93. The first-order chi connectivity index (χ1) is 18.5. The summed E-state index contributed by atoms with van der Waals surface area (Å²) < 4.78 is 46.7. The van der Waals surface area contributed by atoms with Gasteiger partial charge in [-0.15, -0.1) is 0 Å². The number of nitrogens with zero attached hydrogens (tertiary/aromatic N) is 1. The van der Waals surface area contributed by atoms with Crippen molar-refractivity contribution in [3.63, 3.8) is 0 Å². The fraction of sp³-hybridized carbons (Fsp3) is 0.548. The molecule has 2 fully saturated rings. The van der Waals surface area contributed by atoms with Crippen LogP contribution < -0.4 is 5.32 Å². The maximum Gasteiger partial charge on any atom is 0.416 e. The minimum absolute atomic E-state index is 0.0482. The van der Waals surface area contributed by atoms with E-state index in [1.165, 1.54) is 6.07 Å². The van der Waals surface area contributed by atoms with E-state index < -0.39 is 17.8 Å². The van der Waals surface area contributed by atoms with Gasteiger partial charge < -0.3 is 15.0 Å². The van der Waals surface area contributed by atoms with Crippen LogP contribution in [0.2, 0.25) is 0 Å². The number of halogens is 3. The molecule has 0 unspecified atom stereocenters. The minimum Gasteiger partial charge on any atom is -0.370 e. The smallest absolute Gasteiger partial charge is 0.370 e. The molecule has 1 saturated heterocycles. The Balaban J connectivity index is 1.45. The van der Waals surface area contributed by atoms with Crippen LogP contribution in [0.1, 0.15) is 86.6 Å². The second kappa shape index (κ2) is 12.5. The highest BCUT2D eigenvalue weighted by Gasteiger charge is 2.38. The summed E-state index contributed by atoms with van der Waals surface area (Å²) in [4.78, 5) is 27.2. The van der Waals surface area contributed by atoms with Gasteiger partial charge in [0.1, 0.15) is 0 Å². The van der Waals surface area contributed by atoms with Crippen LogP contribution in [-0.4, -0.2) is 41.9 Å². The number of nitrogens with one attached hydrogen (secondary N) is 1. The number of rotatable bonds is 7. The SMILES string of the molecule is CCC(=O)NC1CCC(C(=O)N2CC[C@H](O[C@H](C)c3cc(C)cc(C(F)(F)F)c3)[C@H](c3ccccc3)C2)CC1. The van der Waals surface area contributed by atoms with Gasteiger partial charge in [-0.25, -0.2) is 0 Å². The number of ether oxygens (including phenoxy) is 1. The third-order valence-corrected chi connectivity index (χ3v) is 8.13. The average molecular weight is 545 g/mol. The molecular weight excluding hydrogens is 505 g/mol. The predicted octanol–water partition coefficient (Wildman–Crippen LogP) is 6.56. The Kier molecular flexibility index (Phi) is 9.36. The van der Waals surface area contributed by atoms with Crippen LogP contribution in [0.25, 0.3) is 0 Å². The number of likely N-dealkylation sites (tertiary alicyclic amines) is 1. The molecule has 2 aromatic rings.